The van der Waals surface area contributed by atoms with Crippen molar-refractivity contribution in [3.05, 3.63) is 24.4 Å². The van der Waals surface area contributed by atoms with Gasteiger partial charge < -0.3 is 15.1 Å². The van der Waals surface area contributed by atoms with Crippen molar-refractivity contribution in [1.82, 2.24) is 15.2 Å². The molecule has 2 aliphatic rings. The molecule has 0 atom stereocenters. The molecular weight excluding hydrogens is 288 g/mol. The van der Waals surface area contributed by atoms with Crippen LogP contribution in [0.3, 0.4) is 0 Å². The Kier molecular flexibility index (Phi) is 5.86. The molecule has 0 spiro atoms. The van der Waals surface area contributed by atoms with E-state index in [9.17, 15) is 4.79 Å². The lowest BCUT2D eigenvalue weighted by atomic mass is 10.1. The number of hydrogen-bond acceptors (Lipinski definition) is 4. The van der Waals surface area contributed by atoms with E-state index in [1.807, 2.05) is 29.3 Å². The number of pyridine rings is 1. The molecule has 1 N–H and O–H groups in total. The number of amides is 1. The van der Waals surface area contributed by atoms with Crippen molar-refractivity contribution in [2.45, 2.75) is 44.6 Å². The van der Waals surface area contributed by atoms with Gasteiger partial charge in [0.25, 0.3) is 0 Å². The number of carbonyl (C=O) groups is 1. The first-order valence-electron chi connectivity index (χ1n) is 9.00. The van der Waals surface area contributed by atoms with Crippen LogP contribution < -0.4 is 10.2 Å². The summed E-state index contributed by atoms with van der Waals surface area (Å²) < 4.78 is 0. The summed E-state index contributed by atoms with van der Waals surface area (Å²) in [5.74, 6) is 1.26. The lowest BCUT2D eigenvalue weighted by Gasteiger charge is -2.35. The monoisotopic (exact) mass is 316 g/mol. The average Bonchev–Trinajstić information content (AvgIpc) is 2.89. The van der Waals surface area contributed by atoms with Crippen LogP contribution in [-0.2, 0) is 4.79 Å². The number of hydrogen-bond donors (Lipinski definition) is 1. The average molecular weight is 316 g/mol. The maximum atomic E-state index is 12.4. The number of rotatable bonds is 4. The Morgan fingerprint density at radius 1 is 1.09 bits per heavy atom. The van der Waals surface area contributed by atoms with Crippen LogP contribution in [0.1, 0.15) is 38.5 Å². The Morgan fingerprint density at radius 2 is 1.83 bits per heavy atom. The van der Waals surface area contributed by atoms with Crippen LogP contribution in [0.15, 0.2) is 24.4 Å². The highest BCUT2D eigenvalue weighted by molar-refractivity contribution is 5.78. The van der Waals surface area contributed by atoms with Crippen molar-refractivity contribution < 1.29 is 4.79 Å². The summed E-state index contributed by atoms with van der Waals surface area (Å²) in [6.45, 7) is 3.82. The minimum Gasteiger partial charge on any atom is -0.353 e. The molecule has 1 aliphatic heterocycles. The molecule has 0 unspecified atom stereocenters. The maximum absolute atomic E-state index is 12.4. The zero-order valence-electron chi connectivity index (χ0n) is 13.9. The highest BCUT2D eigenvalue weighted by Gasteiger charge is 2.22. The second-order valence-electron chi connectivity index (χ2n) is 6.63. The molecule has 2 heterocycles. The molecule has 1 amide bonds. The van der Waals surface area contributed by atoms with Gasteiger partial charge in [0.05, 0.1) is 6.54 Å². The molecule has 0 aromatic carbocycles. The fourth-order valence-corrected chi connectivity index (χ4v) is 3.55. The van der Waals surface area contributed by atoms with Crippen LogP contribution in [0.5, 0.6) is 0 Å². The largest absolute Gasteiger partial charge is 0.353 e. The van der Waals surface area contributed by atoms with Crippen molar-refractivity contribution in [2.75, 3.05) is 37.6 Å². The van der Waals surface area contributed by atoms with Gasteiger partial charge in [-0.15, -0.1) is 0 Å². The zero-order chi connectivity index (χ0) is 15.9. The molecule has 1 aromatic heterocycles. The Morgan fingerprint density at radius 3 is 2.48 bits per heavy atom. The van der Waals surface area contributed by atoms with E-state index in [1.54, 1.807) is 0 Å². The summed E-state index contributed by atoms with van der Waals surface area (Å²) in [7, 11) is 0. The summed E-state index contributed by atoms with van der Waals surface area (Å²) in [5, 5.41) is 3.48. The van der Waals surface area contributed by atoms with E-state index >= 15 is 0 Å². The van der Waals surface area contributed by atoms with Crippen LogP contribution in [-0.4, -0.2) is 54.6 Å². The summed E-state index contributed by atoms with van der Waals surface area (Å²) in [6.07, 6.45) is 9.57. The second kappa shape index (κ2) is 8.29. The summed E-state index contributed by atoms with van der Waals surface area (Å²) >= 11 is 0. The molecular formula is C18H28N4O. The van der Waals surface area contributed by atoms with Crippen LogP contribution in [0.4, 0.5) is 5.82 Å². The normalized spacial score (nSPS) is 20.3. The predicted molar refractivity (Wildman–Crippen MR) is 92.5 cm³/mol. The SMILES string of the molecule is O=C(CNC1CCCCCC1)N1CCN(c2ccccn2)CC1. The van der Waals surface area contributed by atoms with Gasteiger partial charge in [-0.05, 0) is 25.0 Å². The first-order chi connectivity index (χ1) is 11.3. The van der Waals surface area contributed by atoms with E-state index in [1.165, 1.54) is 38.5 Å². The van der Waals surface area contributed by atoms with Crippen molar-refractivity contribution in [3.63, 3.8) is 0 Å². The van der Waals surface area contributed by atoms with Crippen molar-refractivity contribution in [1.29, 1.82) is 0 Å². The van der Waals surface area contributed by atoms with Crippen LogP contribution >= 0.6 is 0 Å². The standard InChI is InChI=1S/C18H28N4O/c23-18(15-20-16-7-3-1-2-4-8-16)22-13-11-21(12-14-22)17-9-5-6-10-19-17/h5-6,9-10,16,20H,1-4,7-8,11-15H2. The first-order valence-corrected chi connectivity index (χ1v) is 9.00. The lowest BCUT2D eigenvalue weighted by molar-refractivity contribution is -0.130. The third-order valence-corrected chi connectivity index (χ3v) is 5.00. The number of anilines is 1. The first kappa shape index (κ1) is 16.2. The molecule has 0 radical (unpaired) electrons. The van der Waals surface area contributed by atoms with E-state index < -0.39 is 0 Å². The number of nitrogens with one attached hydrogen (secondary N) is 1. The van der Waals surface area contributed by atoms with Gasteiger partial charge in [0.1, 0.15) is 5.82 Å². The molecule has 3 rings (SSSR count). The van der Waals surface area contributed by atoms with Crippen LogP contribution in [0, 0.1) is 0 Å². The molecule has 126 valence electrons. The molecule has 5 heteroatoms. The maximum Gasteiger partial charge on any atom is 0.236 e. The third kappa shape index (κ3) is 4.67. The quantitative estimate of drug-likeness (QED) is 0.864. The van der Waals surface area contributed by atoms with Crippen molar-refractivity contribution in [2.24, 2.45) is 0 Å². The van der Waals surface area contributed by atoms with Gasteiger partial charge in [-0.2, -0.15) is 0 Å². The molecule has 1 aliphatic carbocycles. The Balaban J connectivity index is 1.41. The van der Waals surface area contributed by atoms with Crippen LogP contribution in [0.2, 0.25) is 0 Å². The summed E-state index contributed by atoms with van der Waals surface area (Å²) in [4.78, 5) is 21.0. The van der Waals surface area contributed by atoms with E-state index in [2.05, 4.69) is 15.2 Å². The number of aromatic nitrogens is 1. The molecule has 2 fully saturated rings. The van der Waals surface area contributed by atoms with Crippen molar-refractivity contribution >= 4 is 11.7 Å². The lowest BCUT2D eigenvalue weighted by Crippen LogP contribution is -2.51. The second-order valence-corrected chi connectivity index (χ2v) is 6.63. The summed E-state index contributed by atoms with van der Waals surface area (Å²) in [6, 6.07) is 6.51. The van der Waals surface area contributed by atoms with E-state index in [-0.39, 0.29) is 5.91 Å². The van der Waals surface area contributed by atoms with Gasteiger partial charge in [-0.25, -0.2) is 4.98 Å². The van der Waals surface area contributed by atoms with Gasteiger partial charge in [-0.1, -0.05) is 31.7 Å². The molecule has 1 aromatic rings. The predicted octanol–water partition coefficient (Wildman–Crippen LogP) is 2.04. The smallest absolute Gasteiger partial charge is 0.236 e. The Hall–Kier alpha value is -1.62. The Bertz CT molecular complexity index is 477. The van der Waals surface area contributed by atoms with Crippen LogP contribution in [0.25, 0.3) is 0 Å². The number of piperazine rings is 1. The minimum atomic E-state index is 0.245. The topological polar surface area (TPSA) is 48.5 Å². The fourth-order valence-electron chi connectivity index (χ4n) is 3.55. The molecule has 5 nitrogen and oxygen atoms in total. The fraction of sp³-hybridized carbons (Fsp3) is 0.667. The van der Waals surface area contributed by atoms with E-state index in [0.29, 0.717) is 12.6 Å². The molecule has 0 bridgehead atoms. The van der Waals surface area contributed by atoms with Gasteiger partial charge in [0.2, 0.25) is 5.91 Å². The highest BCUT2D eigenvalue weighted by atomic mass is 16.2. The molecule has 1 saturated heterocycles. The van der Waals surface area contributed by atoms with E-state index in [4.69, 9.17) is 0 Å². The van der Waals surface area contributed by atoms with Gasteiger partial charge in [0, 0.05) is 38.4 Å². The molecule has 1 saturated carbocycles. The van der Waals surface area contributed by atoms with E-state index in [0.717, 1.165) is 32.0 Å². The third-order valence-electron chi connectivity index (χ3n) is 5.00. The Labute approximate surface area is 139 Å². The van der Waals surface area contributed by atoms with Crippen molar-refractivity contribution in [3.8, 4) is 0 Å². The number of carbonyl (C=O) groups excluding carboxylic acids is 1. The highest BCUT2D eigenvalue weighted by Crippen LogP contribution is 2.17. The minimum absolute atomic E-state index is 0.245. The van der Waals surface area contributed by atoms with Gasteiger partial charge >= 0.3 is 0 Å². The molecule has 23 heavy (non-hydrogen) atoms. The zero-order valence-corrected chi connectivity index (χ0v) is 13.9. The summed E-state index contributed by atoms with van der Waals surface area (Å²) in [5.41, 5.74) is 0. The number of nitrogens with zero attached hydrogens (tertiary/aromatic N) is 3. The van der Waals surface area contributed by atoms with Gasteiger partial charge in [0.15, 0.2) is 0 Å². The van der Waals surface area contributed by atoms with Gasteiger partial charge in [-0.3, -0.25) is 4.79 Å².